The zero-order chi connectivity index (χ0) is 16.8. The summed E-state index contributed by atoms with van der Waals surface area (Å²) in [5, 5.41) is 3.34. The Morgan fingerprint density at radius 3 is 2.61 bits per heavy atom. The Hall–Kier alpha value is -2.20. The highest BCUT2D eigenvalue weighted by Crippen LogP contribution is 2.28. The smallest absolute Gasteiger partial charge is 0.265 e. The van der Waals surface area contributed by atoms with E-state index in [1.165, 1.54) is 0 Å². The van der Waals surface area contributed by atoms with Crippen molar-refractivity contribution in [2.24, 2.45) is 0 Å². The van der Waals surface area contributed by atoms with Gasteiger partial charge in [-0.15, -0.1) is 0 Å². The number of aryl methyl sites for hydroxylation is 1. The summed E-state index contributed by atoms with van der Waals surface area (Å²) in [6.07, 6.45) is -0.0527. The van der Waals surface area contributed by atoms with E-state index in [0.717, 1.165) is 5.56 Å². The van der Waals surface area contributed by atoms with Crippen molar-refractivity contribution in [3.8, 4) is 11.5 Å². The van der Waals surface area contributed by atoms with Crippen LogP contribution in [-0.4, -0.2) is 19.1 Å². The van der Waals surface area contributed by atoms with Crippen molar-refractivity contribution < 1.29 is 14.3 Å². The molecule has 23 heavy (non-hydrogen) atoms. The van der Waals surface area contributed by atoms with Crippen LogP contribution in [0.3, 0.4) is 0 Å². The zero-order valence-electron chi connectivity index (χ0n) is 13.4. The molecule has 0 aliphatic heterocycles. The molecule has 0 aromatic heterocycles. The van der Waals surface area contributed by atoms with Crippen LogP contribution in [0.5, 0.6) is 11.5 Å². The number of rotatable bonds is 6. The molecule has 0 saturated heterocycles. The predicted molar refractivity (Wildman–Crippen MR) is 92.5 cm³/mol. The van der Waals surface area contributed by atoms with Gasteiger partial charge in [0.05, 0.1) is 12.8 Å². The third-order valence-electron chi connectivity index (χ3n) is 3.45. The number of carbonyl (C=O) groups is 1. The van der Waals surface area contributed by atoms with Crippen LogP contribution in [0.25, 0.3) is 0 Å². The quantitative estimate of drug-likeness (QED) is 0.849. The van der Waals surface area contributed by atoms with Crippen LogP contribution in [0.4, 0.5) is 5.69 Å². The number of amides is 1. The number of hydrogen-bond donors (Lipinski definition) is 1. The summed E-state index contributed by atoms with van der Waals surface area (Å²) in [4.78, 5) is 12.5. The Morgan fingerprint density at radius 1 is 1.22 bits per heavy atom. The third-order valence-corrected chi connectivity index (χ3v) is 3.68. The first-order chi connectivity index (χ1) is 11.0. The highest BCUT2D eigenvalue weighted by atomic mass is 35.5. The highest BCUT2D eigenvalue weighted by Gasteiger charge is 2.20. The minimum absolute atomic E-state index is 0.240. The third kappa shape index (κ3) is 4.39. The second-order valence-electron chi connectivity index (χ2n) is 5.11. The van der Waals surface area contributed by atoms with Crippen LogP contribution < -0.4 is 14.8 Å². The molecule has 122 valence electrons. The van der Waals surface area contributed by atoms with E-state index in [0.29, 0.717) is 28.6 Å². The second kappa shape index (κ2) is 7.88. The van der Waals surface area contributed by atoms with Gasteiger partial charge in [-0.3, -0.25) is 4.79 Å². The van der Waals surface area contributed by atoms with Crippen LogP contribution in [0, 0.1) is 6.92 Å². The van der Waals surface area contributed by atoms with E-state index >= 15 is 0 Å². The largest absolute Gasteiger partial charge is 0.495 e. The summed E-state index contributed by atoms with van der Waals surface area (Å²) < 4.78 is 11.1. The van der Waals surface area contributed by atoms with Gasteiger partial charge in [0.25, 0.3) is 5.91 Å². The van der Waals surface area contributed by atoms with Crippen molar-refractivity contribution in [3.63, 3.8) is 0 Å². The first-order valence-corrected chi connectivity index (χ1v) is 7.79. The number of para-hydroxylation sites is 1. The van der Waals surface area contributed by atoms with Gasteiger partial charge in [-0.1, -0.05) is 36.7 Å². The highest BCUT2D eigenvalue weighted by molar-refractivity contribution is 6.31. The molecular formula is C18H20ClNO3. The second-order valence-corrected chi connectivity index (χ2v) is 5.55. The molecule has 0 saturated carbocycles. The van der Waals surface area contributed by atoms with Crippen molar-refractivity contribution in [2.75, 3.05) is 12.4 Å². The number of benzene rings is 2. The average Bonchev–Trinajstić information content (AvgIpc) is 2.54. The van der Waals surface area contributed by atoms with Gasteiger partial charge in [0.2, 0.25) is 0 Å². The summed E-state index contributed by atoms with van der Waals surface area (Å²) in [6, 6.07) is 12.7. The van der Waals surface area contributed by atoms with Gasteiger partial charge >= 0.3 is 0 Å². The molecule has 0 radical (unpaired) electrons. The van der Waals surface area contributed by atoms with Gasteiger partial charge in [0, 0.05) is 5.02 Å². The average molecular weight is 334 g/mol. The van der Waals surface area contributed by atoms with E-state index in [2.05, 4.69) is 5.32 Å². The van der Waals surface area contributed by atoms with Gasteiger partial charge in [0.15, 0.2) is 6.10 Å². The Kier molecular flexibility index (Phi) is 5.88. The molecule has 0 fully saturated rings. The minimum Gasteiger partial charge on any atom is -0.495 e. The Balaban J connectivity index is 2.15. The fraction of sp³-hybridized carbons (Fsp3) is 0.278. The van der Waals surface area contributed by atoms with Crippen LogP contribution in [0.15, 0.2) is 42.5 Å². The van der Waals surface area contributed by atoms with Gasteiger partial charge in [0.1, 0.15) is 11.5 Å². The van der Waals surface area contributed by atoms with Crippen LogP contribution in [0.1, 0.15) is 18.9 Å². The standard InChI is InChI=1S/C18H20ClNO3/c1-4-15(23-16-8-6-5-7-12(16)2)18(21)20-14-11-13(19)9-10-17(14)22-3/h5-11,15H,4H2,1-3H3,(H,20,21)/t15-/m1/s1. The van der Waals surface area contributed by atoms with E-state index in [4.69, 9.17) is 21.1 Å². The maximum Gasteiger partial charge on any atom is 0.265 e. The van der Waals surface area contributed by atoms with E-state index in [1.807, 2.05) is 38.1 Å². The molecule has 2 rings (SSSR count). The van der Waals surface area contributed by atoms with Crippen LogP contribution in [-0.2, 0) is 4.79 Å². The SMILES string of the molecule is CC[C@@H](Oc1ccccc1C)C(=O)Nc1cc(Cl)ccc1OC. The Morgan fingerprint density at radius 2 is 1.96 bits per heavy atom. The molecule has 4 nitrogen and oxygen atoms in total. The van der Waals surface area contributed by atoms with E-state index in [9.17, 15) is 4.79 Å². The summed E-state index contributed by atoms with van der Waals surface area (Å²) in [5.41, 5.74) is 1.51. The number of nitrogens with one attached hydrogen (secondary N) is 1. The normalized spacial score (nSPS) is 11.7. The Labute approximate surface area is 141 Å². The van der Waals surface area contributed by atoms with E-state index in [-0.39, 0.29) is 5.91 Å². The number of carbonyl (C=O) groups excluding carboxylic acids is 1. The number of anilines is 1. The number of hydrogen-bond acceptors (Lipinski definition) is 3. The van der Waals surface area contributed by atoms with Gasteiger partial charge in [-0.25, -0.2) is 0 Å². The minimum atomic E-state index is -0.597. The molecule has 1 amide bonds. The molecule has 2 aromatic carbocycles. The molecule has 2 aromatic rings. The first kappa shape index (κ1) is 17.2. The van der Waals surface area contributed by atoms with Crippen molar-refractivity contribution in [3.05, 3.63) is 53.1 Å². The molecule has 0 bridgehead atoms. The lowest BCUT2D eigenvalue weighted by atomic mass is 10.2. The van der Waals surface area contributed by atoms with E-state index in [1.54, 1.807) is 25.3 Å². The Bertz CT molecular complexity index is 688. The van der Waals surface area contributed by atoms with Gasteiger partial charge < -0.3 is 14.8 Å². The predicted octanol–water partition coefficient (Wildman–Crippen LogP) is 4.45. The number of halogens is 1. The number of methoxy groups -OCH3 is 1. The van der Waals surface area contributed by atoms with Gasteiger partial charge in [-0.2, -0.15) is 0 Å². The monoisotopic (exact) mass is 333 g/mol. The lowest BCUT2D eigenvalue weighted by Gasteiger charge is -2.19. The van der Waals surface area contributed by atoms with Gasteiger partial charge in [-0.05, 0) is 43.2 Å². The summed E-state index contributed by atoms with van der Waals surface area (Å²) in [7, 11) is 1.54. The van der Waals surface area contributed by atoms with Crippen LogP contribution >= 0.6 is 11.6 Å². The topological polar surface area (TPSA) is 47.6 Å². The summed E-state index contributed by atoms with van der Waals surface area (Å²) in [6.45, 7) is 3.84. The van der Waals surface area contributed by atoms with Crippen LogP contribution in [0.2, 0.25) is 5.02 Å². The summed E-state index contributed by atoms with van der Waals surface area (Å²) in [5.74, 6) is 1.01. The molecule has 0 aliphatic rings. The van der Waals surface area contributed by atoms with Crippen molar-refractivity contribution in [2.45, 2.75) is 26.4 Å². The maximum atomic E-state index is 12.5. The molecule has 5 heteroatoms. The molecule has 0 aliphatic carbocycles. The number of ether oxygens (including phenoxy) is 2. The molecule has 1 N–H and O–H groups in total. The van der Waals surface area contributed by atoms with Crippen molar-refractivity contribution >= 4 is 23.2 Å². The summed E-state index contributed by atoms with van der Waals surface area (Å²) >= 11 is 5.98. The first-order valence-electron chi connectivity index (χ1n) is 7.41. The fourth-order valence-corrected chi connectivity index (χ4v) is 2.33. The maximum absolute atomic E-state index is 12.5. The van der Waals surface area contributed by atoms with Crippen molar-refractivity contribution in [1.82, 2.24) is 0 Å². The zero-order valence-corrected chi connectivity index (χ0v) is 14.2. The van der Waals surface area contributed by atoms with E-state index < -0.39 is 6.10 Å². The molecular weight excluding hydrogens is 314 g/mol. The molecule has 0 heterocycles. The fourth-order valence-electron chi connectivity index (χ4n) is 2.16. The van der Waals surface area contributed by atoms with Crippen molar-refractivity contribution in [1.29, 1.82) is 0 Å². The molecule has 0 spiro atoms. The molecule has 1 atom stereocenters. The lowest BCUT2D eigenvalue weighted by molar-refractivity contribution is -0.122. The molecule has 0 unspecified atom stereocenters. The lowest BCUT2D eigenvalue weighted by Crippen LogP contribution is -2.32.